The Morgan fingerprint density at radius 3 is 2.82 bits per heavy atom. The highest BCUT2D eigenvalue weighted by molar-refractivity contribution is 7.09. The van der Waals surface area contributed by atoms with Gasteiger partial charge in [-0.15, -0.1) is 11.3 Å². The average Bonchev–Trinajstić information content (AvgIpc) is 2.66. The van der Waals surface area contributed by atoms with Crippen LogP contribution in [0, 0.1) is 6.92 Å². The average molecular weight is 253 g/mol. The Hall–Kier alpha value is -1.43. The van der Waals surface area contributed by atoms with Crippen molar-refractivity contribution in [3.05, 3.63) is 16.1 Å². The molecule has 0 saturated carbocycles. The van der Waals surface area contributed by atoms with Crippen LogP contribution in [-0.4, -0.2) is 33.8 Å². The van der Waals surface area contributed by atoms with Crippen molar-refractivity contribution in [2.75, 3.05) is 6.54 Å². The van der Waals surface area contributed by atoms with Crippen molar-refractivity contribution in [1.82, 2.24) is 15.2 Å². The molecule has 2 rings (SSSR count). The molecule has 1 aromatic rings. The first kappa shape index (κ1) is 12.0. The molecule has 0 bridgehead atoms. The molecule has 0 atom stereocenters. The number of hydrogen-bond donors (Lipinski definition) is 1. The summed E-state index contributed by atoms with van der Waals surface area (Å²) < 4.78 is 0. The van der Waals surface area contributed by atoms with Gasteiger partial charge in [-0.1, -0.05) is 0 Å². The van der Waals surface area contributed by atoms with Crippen molar-refractivity contribution in [1.29, 1.82) is 0 Å². The first-order valence-corrected chi connectivity index (χ1v) is 6.29. The number of carbonyl (C=O) groups excluding carboxylic acids is 2. The molecule has 0 radical (unpaired) electrons. The summed E-state index contributed by atoms with van der Waals surface area (Å²) in [6, 6.07) is 0. The maximum Gasteiger partial charge on any atom is 0.245 e. The summed E-state index contributed by atoms with van der Waals surface area (Å²) in [5.74, 6) is -0.190. The monoisotopic (exact) mass is 253 g/mol. The Kier molecular flexibility index (Phi) is 2.91. The molecule has 6 heteroatoms. The van der Waals surface area contributed by atoms with Crippen LogP contribution in [0.25, 0.3) is 0 Å². The lowest BCUT2D eigenvalue weighted by Gasteiger charge is -2.40. The molecule has 0 unspecified atom stereocenters. The van der Waals surface area contributed by atoms with Gasteiger partial charge in [0.25, 0.3) is 0 Å². The summed E-state index contributed by atoms with van der Waals surface area (Å²) in [6.07, 6.45) is 0. The molecule has 1 N–H and O–H groups in total. The number of rotatable bonds is 2. The van der Waals surface area contributed by atoms with Crippen molar-refractivity contribution >= 4 is 23.2 Å². The lowest BCUT2D eigenvalue weighted by Crippen LogP contribution is -2.63. The third-order valence-corrected chi connectivity index (χ3v) is 3.74. The van der Waals surface area contributed by atoms with Gasteiger partial charge in [0.2, 0.25) is 11.8 Å². The number of nitrogens with zero attached hydrogens (tertiary/aromatic N) is 2. The fraction of sp³-hybridized carbons (Fsp3) is 0.545. The molecule has 1 aromatic heterocycles. The van der Waals surface area contributed by atoms with E-state index in [2.05, 4.69) is 10.3 Å². The van der Waals surface area contributed by atoms with E-state index in [1.807, 2.05) is 12.3 Å². The number of thiazole rings is 1. The second-order valence-corrected chi connectivity index (χ2v) is 5.64. The van der Waals surface area contributed by atoms with Crippen LogP contribution in [-0.2, 0) is 16.1 Å². The zero-order valence-electron chi connectivity index (χ0n) is 10.1. The van der Waals surface area contributed by atoms with E-state index in [9.17, 15) is 9.59 Å². The fourth-order valence-corrected chi connectivity index (χ4v) is 2.43. The Bertz CT molecular complexity index is 467. The lowest BCUT2D eigenvalue weighted by molar-refractivity contribution is -0.152. The lowest BCUT2D eigenvalue weighted by atomic mass is 9.98. The van der Waals surface area contributed by atoms with Gasteiger partial charge in [0.1, 0.15) is 5.54 Å². The molecule has 0 aliphatic carbocycles. The van der Waals surface area contributed by atoms with E-state index in [-0.39, 0.29) is 18.4 Å². The number of aryl methyl sites for hydroxylation is 1. The third kappa shape index (κ3) is 2.17. The molecular formula is C11H15N3O2S. The second kappa shape index (κ2) is 4.10. The van der Waals surface area contributed by atoms with Crippen LogP contribution in [0.1, 0.15) is 24.5 Å². The highest BCUT2D eigenvalue weighted by Crippen LogP contribution is 2.22. The van der Waals surface area contributed by atoms with E-state index in [0.717, 1.165) is 10.7 Å². The number of aromatic nitrogens is 1. The number of nitrogens with one attached hydrogen (secondary N) is 1. The first-order valence-electron chi connectivity index (χ1n) is 5.41. The highest BCUT2D eigenvalue weighted by Gasteiger charge is 2.41. The number of hydrogen-bond acceptors (Lipinski definition) is 4. The molecule has 1 aliphatic heterocycles. The van der Waals surface area contributed by atoms with Crippen LogP contribution in [0.15, 0.2) is 5.38 Å². The van der Waals surface area contributed by atoms with Gasteiger partial charge in [0.05, 0.1) is 23.8 Å². The van der Waals surface area contributed by atoms with E-state index >= 15 is 0 Å². The van der Waals surface area contributed by atoms with Crippen LogP contribution in [0.3, 0.4) is 0 Å². The normalized spacial score (nSPS) is 19.4. The smallest absolute Gasteiger partial charge is 0.245 e. The minimum atomic E-state index is -0.813. The van der Waals surface area contributed by atoms with Crippen LogP contribution in [0.4, 0.5) is 0 Å². The largest absolute Gasteiger partial charge is 0.345 e. The van der Waals surface area contributed by atoms with Crippen molar-refractivity contribution in [2.45, 2.75) is 32.9 Å². The number of carbonyl (C=O) groups is 2. The Balaban J connectivity index is 2.22. The predicted molar refractivity (Wildman–Crippen MR) is 64.5 cm³/mol. The van der Waals surface area contributed by atoms with E-state index in [1.54, 1.807) is 30.1 Å². The Morgan fingerprint density at radius 2 is 2.24 bits per heavy atom. The molecule has 0 spiro atoms. The summed E-state index contributed by atoms with van der Waals surface area (Å²) in [7, 11) is 0. The van der Waals surface area contributed by atoms with Gasteiger partial charge in [0.15, 0.2) is 0 Å². The molecule has 2 heterocycles. The molecule has 0 aromatic carbocycles. The van der Waals surface area contributed by atoms with Crippen LogP contribution >= 0.6 is 11.3 Å². The van der Waals surface area contributed by atoms with Gasteiger partial charge in [-0.25, -0.2) is 4.98 Å². The van der Waals surface area contributed by atoms with Gasteiger partial charge in [-0.3, -0.25) is 9.59 Å². The minimum Gasteiger partial charge on any atom is -0.345 e. The maximum absolute atomic E-state index is 11.9. The van der Waals surface area contributed by atoms with Crippen molar-refractivity contribution in [3.8, 4) is 0 Å². The standard InChI is InChI=1S/C11H15N3O2S/c1-7-13-8(6-17-7)5-14-9(15)4-12-10(16)11(14,2)3/h6H,4-5H2,1-3H3,(H,12,16). The van der Waals surface area contributed by atoms with Crippen LogP contribution in [0.2, 0.25) is 0 Å². The summed E-state index contributed by atoms with van der Waals surface area (Å²) in [5.41, 5.74) is 0.0240. The zero-order chi connectivity index (χ0) is 12.6. The van der Waals surface area contributed by atoms with E-state index < -0.39 is 5.54 Å². The molecule has 1 saturated heterocycles. The van der Waals surface area contributed by atoms with Crippen molar-refractivity contribution in [2.24, 2.45) is 0 Å². The summed E-state index contributed by atoms with van der Waals surface area (Å²) in [5, 5.41) is 5.48. The molecular weight excluding hydrogens is 238 g/mol. The minimum absolute atomic E-state index is 0.0692. The van der Waals surface area contributed by atoms with E-state index in [1.165, 1.54) is 0 Å². The highest BCUT2D eigenvalue weighted by atomic mass is 32.1. The fourth-order valence-electron chi connectivity index (χ4n) is 1.83. The van der Waals surface area contributed by atoms with Crippen molar-refractivity contribution < 1.29 is 9.59 Å². The van der Waals surface area contributed by atoms with Gasteiger partial charge >= 0.3 is 0 Å². The topological polar surface area (TPSA) is 62.3 Å². The SMILES string of the molecule is Cc1nc(CN2C(=O)CNC(=O)C2(C)C)cs1. The quantitative estimate of drug-likeness (QED) is 0.843. The van der Waals surface area contributed by atoms with Gasteiger partial charge in [0, 0.05) is 5.38 Å². The summed E-state index contributed by atoms with van der Waals surface area (Å²) >= 11 is 1.55. The Morgan fingerprint density at radius 1 is 1.53 bits per heavy atom. The summed E-state index contributed by atoms with van der Waals surface area (Å²) in [6.45, 7) is 5.89. The number of piperazine rings is 1. The molecule has 1 aliphatic rings. The van der Waals surface area contributed by atoms with Crippen LogP contribution < -0.4 is 5.32 Å². The molecule has 2 amide bonds. The zero-order valence-corrected chi connectivity index (χ0v) is 10.9. The van der Waals surface area contributed by atoms with E-state index in [4.69, 9.17) is 0 Å². The molecule has 17 heavy (non-hydrogen) atoms. The second-order valence-electron chi connectivity index (χ2n) is 4.58. The maximum atomic E-state index is 11.9. The molecule has 1 fully saturated rings. The molecule has 5 nitrogen and oxygen atoms in total. The predicted octanol–water partition coefficient (Wildman–Crippen LogP) is 0.689. The van der Waals surface area contributed by atoms with Crippen molar-refractivity contribution in [3.63, 3.8) is 0 Å². The van der Waals surface area contributed by atoms with Gasteiger partial charge in [-0.2, -0.15) is 0 Å². The number of amides is 2. The summed E-state index contributed by atoms with van der Waals surface area (Å²) in [4.78, 5) is 29.5. The first-order chi connectivity index (χ1) is 7.91. The third-order valence-electron chi connectivity index (χ3n) is 2.92. The van der Waals surface area contributed by atoms with Crippen LogP contribution in [0.5, 0.6) is 0 Å². The molecule has 92 valence electrons. The van der Waals surface area contributed by atoms with E-state index in [0.29, 0.717) is 6.54 Å². The van der Waals surface area contributed by atoms with Gasteiger partial charge < -0.3 is 10.2 Å². The van der Waals surface area contributed by atoms with Gasteiger partial charge in [-0.05, 0) is 20.8 Å². The Labute approximate surface area is 104 Å².